The molecule has 0 aliphatic carbocycles. The van der Waals surface area contributed by atoms with Crippen molar-refractivity contribution in [3.8, 4) is 0 Å². The van der Waals surface area contributed by atoms with Gasteiger partial charge in [0.05, 0.1) is 25.4 Å². The molecule has 0 spiro atoms. The minimum Gasteiger partial charge on any atom is -0.394 e. The SMILES string of the molecule is CCCCCCC/C=C\CCCCCCCC(=O)NC(COC1OC(CO)C(O)C(O)C1O)C(O)/C=C/CCCCCCCCCCCCCCCCCC. The van der Waals surface area contributed by atoms with Gasteiger partial charge in [0.1, 0.15) is 24.4 Å². The van der Waals surface area contributed by atoms with Gasteiger partial charge in [0.25, 0.3) is 0 Å². The summed E-state index contributed by atoms with van der Waals surface area (Å²) in [6.45, 7) is 3.76. The minimum atomic E-state index is -1.56. The molecule has 0 aromatic rings. The zero-order chi connectivity index (χ0) is 40.2. The Morgan fingerprint density at radius 1 is 0.600 bits per heavy atom. The van der Waals surface area contributed by atoms with E-state index in [2.05, 4.69) is 31.3 Å². The van der Waals surface area contributed by atoms with Gasteiger partial charge in [-0.2, -0.15) is 0 Å². The summed E-state index contributed by atoms with van der Waals surface area (Å²) in [5.74, 6) is -0.186. The Morgan fingerprint density at radius 3 is 1.47 bits per heavy atom. The number of aliphatic hydroxyl groups is 5. The lowest BCUT2D eigenvalue weighted by molar-refractivity contribution is -0.302. The van der Waals surface area contributed by atoms with Crippen molar-refractivity contribution in [2.45, 2.75) is 249 Å². The number of nitrogens with one attached hydrogen (secondary N) is 1. The molecular weight excluding hydrogens is 695 g/mol. The van der Waals surface area contributed by atoms with Crippen molar-refractivity contribution in [3.63, 3.8) is 0 Å². The molecule has 1 heterocycles. The predicted octanol–water partition coefficient (Wildman–Crippen LogP) is 9.50. The molecule has 9 nitrogen and oxygen atoms in total. The van der Waals surface area contributed by atoms with Crippen LogP contribution >= 0.6 is 0 Å². The van der Waals surface area contributed by atoms with Crippen LogP contribution in [0.25, 0.3) is 0 Å². The highest BCUT2D eigenvalue weighted by atomic mass is 16.7. The quantitative estimate of drug-likeness (QED) is 0.0268. The van der Waals surface area contributed by atoms with Crippen LogP contribution in [-0.4, -0.2) is 87.5 Å². The molecule has 0 bridgehead atoms. The van der Waals surface area contributed by atoms with Crippen molar-refractivity contribution in [3.05, 3.63) is 24.3 Å². The van der Waals surface area contributed by atoms with E-state index in [1.807, 2.05) is 6.08 Å². The van der Waals surface area contributed by atoms with Gasteiger partial charge in [-0.1, -0.05) is 179 Å². The maximum atomic E-state index is 12.9. The Morgan fingerprint density at radius 2 is 1.02 bits per heavy atom. The van der Waals surface area contributed by atoms with E-state index in [0.29, 0.717) is 6.42 Å². The molecule has 7 atom stereocenters. The van der Waals surface area contributed by atoms with Crippen LogP contribution in [0.1, 0.15) is 206 Å². The first kappa shape index (κ1) is 51.7. The summed E-state index contributed by atoms with van der Waals surface area (Å²) < 4.78 is 11.2. The van der Waals surface area contributed by atoms with Crippen LogP contribution in [-0.2, 0) is 14.3 Å². The first-order valence-corrected chi connectivity index (χ1v) is 23.1. The Bertz CT molecular complexity index is 914. The van der Waals surface area contributed by atoms with Gasteiger partial charge in [-0.3, -0.25) is 4.79 Å². The topological polar surface area (TPSA) is 149 Å². The fourth-order valence-corrected chi connectivity index (χ4v) is 7.27. The molecule has 324 valence electrons. The van der Waals surface area contributed by atoms with Crippen LogP contribution in [0, 0.1) is 0 Å². The fraction of sp³-hybridized carbons (Fsp3) is 0.891. The van der Waals surface area contributed by atoms with E-state index < -0.39 is 49.5 Å². The number of amides is 1. The molecule has 6 N–H and O–H groups in total. The van der Waals surface area contributed by atoms with Crippen LogP contribution in [0.5, 0.6) is 0 Å². The number of hydrogen-bond acceptors (Lipinski definition) is 8. The number of hydrogen-bond donors (Lipinski definition) is 6. The smallest absolute Gasteiger partial charge is 0.220 e. The Labute approximate surface area is 337 Å². The summed E-state index contributed by atoms with van der Waals surface area (Å²) in [5, 5.41) is 54.2. The largest absolute Gasteiger partial charge is 0.394 e. The molecule has 55 heavy (non-hydrogen) atoms. The minimum absolute atomic E-state index is 0.186. The molecule has 7 unspecified atom stereocenters. The second-order valence-electron chi connectivity index (χ2n) is 16.2. The normalized spacial score (nSPS) is 21.5. The number of carbonyl (C=O) groups is 1. The van der Waals surface area contributed by atoms with Crippen molar-refractivity contribution < 1.29 is 39.8 Å². The Kier molecular flexibility index (Phi) is 34.7. The molecule has 0 saturated carbocycles. The third-order valence-electron chi connectivity index (χ3n) is 11.0. The van der Waals surface area contributed by atoms with Gasteiger partial charge in [0.2, 0.25) is 5.91 Å². The summed E-state index contributed by atoms with van der Waals surface area (Å²) in [5.41, 5.74) is 0. The first-order valence-electron chi connectivity index (χ1n) is 23.1. The van der Waals surface area contributed by atoms with Crippen molar-refractivity contribution in [1.29, 1.82) is 0 Å². The van der Waals surface area contributed by atoms with E-state index in [0.717, 1.165) is 57.8 Å². The molecule has 1 rings (SSSR count). The molecule has 1 saturated heterocycles. The van der Waals surface area contributed by atoms with Gasteiger partial charge in [-0.25, -0.2) is 0 Å². The van der Waals surface area contributed by atoms with Gasteiger partial charge in [0.15, 0.2) is 6.29 Å². The third-order valence-corrected chi connectivity index (χ3v) is 11.0. The Balaban J connectivity index is 2.36. The average Bonchev–Trinajstić information content (AvgIpc) is 3.18. The van der Waals surface area contributed by atoms with Gasteiger partial charge in [-0.05, 0) is 44.9 Å². The molecule has 9 heteroatoms. The molecular formula is C46H87NO8. The second kappa shape index (κ2) is 37.0. The van der Waals surface area contributed by atoms with E-state index in [1.165, 1.54) is 128 Å². The van der Waals surface area contributed by atoms with Crippen LogP contribution in [0.3, 0.4) is 0 Å². The summed E-state index contributed by atoms with van der Waals surface area (Å²) in [6.07, 6.45) is 36.4. The Hall–Kier alpha value is -1.33. The van der Waals surface area contributed by atoms with Crippen LogP contribution in [0.15, 0.2) is 24.3 Å². The van der Waals surface area contributed by atoms with E-state index in [9.17, 15) is 30.3 Å². The average molecular weight is 782 g/mol. The van der Waals surface area contributed by atoms with E-state index in [1.54, 1.807) is 6.08 Å². The highest BCUT2D eigenvalue weighted by molar-refractivity contribution is 5.76. The zero-order valence-electron chi connectivity index (χ0n) is 35.4. The van der Waals surface area contributed by atoms with Crippen molar-refractivity contribution in [2.75, 3.05) is 13.2 Å². The monoisotopic (exact) mass is 782 g/mol. The summed E-state index contributed by atoms with van der Waals surface area (Å²) in [7, 11) is 0. The number of allylic oxidation sites excluding steroid dienone is 3. The molecule has 0 radical (unpaired) electrons. The lowest BCUT2D eigenvalue weighted by Crippen LogP contribution is -2.60. The van der Waals surface area contributed by atoms with E-state index >= 15 is 0 Å². The third kappa shape index (κ3) is 27.9. The van der Waals surface area contributed by atoms with Gasteiger partial charge in [-0.15, -0.1) is 0 Å². The van der Waals surface area contributed by atoms with Crippen molar-refractivity contribution in [1.82, 2.24) is 5.32 Å². The lowest BCUT2D eigenvalue weighted by Gasteiger charge is -2.40. The van der Waals surface area contributed by atoms with Crippen molar-refractivity contribution in [2.24, 2.45) is 0 Å². The van der Waals surface area contributed by atoms with E-state index in [4.69, 9.17) is 9.47 Å². The highest BCUT2D eigenvalue weighted by Gasteiger charge is 2.44. The molecule has 1 aliphatic rings. The van der Waals surface area contributed by atoms with Crippen LogP contribution in [0.4, 0.5) is 0 Å². The molecule has 0 aromatic heterocycles. The molecule has 0 aromatic carbocycles. The van der Waals surface area contributed by atoms with Crippen LogP contribution < -0.4 is 5.32 Å². The van der Waals surface area contributed by atoms with Crippen molar-refractivity contribution >= 4 is 5.91 Å². The molecule has 1 fully saturated rings. The second-order valence-corrected chi connectivity index (χ2v) is 16.2. The standard InChI is InChI=1S/C46H87NO8/c1-3-5-7-9-11-13-15-17-19-20-21-22-23-25-27-29-31-33-35-40(49)39(38-54-46-45(53)44(52)43(51)41(37-48)55-46)47-42(50)36-34-32-30-28-26-24-18-16-14-12-10-8-6-4-2/h16,18,33,35,39-41,43-46,48-49,51-53H,3-15,17,19-32,34,36-38H2,1-2H3,(H,47,50)/b18-16-,35-33+. The number of unbranched alkanes of at least 4 members (excludes halogenated alkanes) is 26. The number of rotatable bonds is 38. The maximum Gasteiger partial charge on any atom is 0.220 e. The summed E-state index contributed by atoms with van der Waals surface area (Å²) in [6, 6.07) is -0.805. The van der Waals surface area contributed by atoms with Crippen LogP contribution in [0.2, 0.25) is 0 Å². The van der Waals surface area contributed by atoms with Gasteiger partial charge < -0.3 is 40.3 Å². The number of ether oxygens (including phenoxy) is 2. The maximum absolute atomic E-state index is 12.9. The highest BCUT2D eigenvalue weighted by Crippen LogP contribution is 2.22. The first-order chi connectivity index (χ1) is 26.8. The van der Waals surface area contributed by atoms with E-state index in [-0.39, 0.29) is 12.5 Å². The zero-order valence-corrected chi connectivity index (χ0v) is 35.4. The van der Waals surface area contributed by atoms with Gasteiger partial charge >= 0.3 is 0 Å². The number of aliphatic hydroxyl groups excluding tert-OH is 5. The lowest BCUT2D eigenvalue weighted by atomic mass is 9.99. The van der Waals surface area contributed by atoms with Gasteiger partial charge in [0, 0.05) is 6.42 Å². The number of carbonyl (C=O) groups excluding carboxylic acids is 1. The molecule has 1 amide bonds. The summed E-state index contributed by atoms with van der Waals surface area (Å²) >= 11 is 0. The summed E-state index contributed by atoms with van der Waals surface area (Å²) in [4.78, 5) is 12.9. The molecule has 1 aliphatic heterocycles. The fourth-order valence-electron chi connectivity index (χ4n) is 7.27. The predicted molar refractivity (Wildman–Crippen MR) is 226 cm³/mol.